The van der Waals surface area contributed by atoms with Gasteiger partial charge in [0.2, 0.25) is 11.9 Å². The average molecular weight is 265 g/mol. The van der Waals surface area contributed by atoms with E-state index in [1.807, 2.05) is 13.8 Å². The van der Waals surface area contributed by atoms with Crippen molar-refractivity contribution >= 4 is 11.9 Å². The van der Waals surface area contributed by atoms with Crippen molar-refractivity contribution in [2.24, 2.45) is 17.6 Å². The van der Waals surface area contributed by atoms with E-state index in [1.165, 1.54) is 0 Å². The highest BCUT2D eigenvalue weighted by atomic mass is 16.1. The molecule has 3 N–H and O–H groups in total. The molecule has 1 aromatic rings. The van der Waals surface area contributed by atoms with Crippen LogP contribution < -0.4 is 11.1 Å². The number of carbonyl (C=O) groups excluding carboxylic acids is 1. The number of hydrogen-bond acceptors (Lipinski definition) is 5. The summed E-state index contributed by atoms with van der Waals surface area (Å²) in [7, 11) is 0. The second-order valence-electron chi connectivity index (χ2n) is 5.29. The van der Waals surface area contributed by atoms with E-state index in [-0.39, 0.29) is 17.8 Å². The summed E-state index contributed by atoms with van der Waals surface area (Å²) >= 11 is 0. The van der Waals surface area contributed by atoms with Gasteiger partial charge in [0.25, 0.3) is 0 Å². The minimum absolute atomic E-state index is 0.110. The third-order valence-corrected chi connectivity index (χ3v) is 2.96. The first-order chi connectivity index (χ1) is 8.92. The van der Waals surface area contributed by atoms with E-state index in [1.54, 1.807) is 0 Å². The van der Waals surface area contributed by atoms with Crippen molar-refractivity contribution < 1.29 is 4.79 Å². The second kappa shape index (κ2) is 7.13. The second-order valence-corrected chi connectivity index (χ2v) is 5.29. The molecule has 6 nitrogen and oxygen atoms in total. The van der Waals surface area contributed by atoms with Crippen molar-refractivity contribution in [2.45, 2.75) is 40.5 Å². The standard InChI is InChI=1S/C13H23N5O/c1-8(2)5-11(7-14)6-12(19)16-13-15-9(3)10(4)17-18-13/h8,11H,5-7,14H2,1-4H3,(H,15,16,18,19)/t11-/m0/s1. The molecular formula is C13H23N5O. The van der Waals surface area contributed by atoms with Gasteiger partial charge in [0, 0.05) is 6.42 Å². The number of carbonyl (C=O) groups is 1. The Labute approximate surface area is 114 Å². The van der Waals surface area contributed by atoms with Gasteiger partial charge in [0.05, 0.1) is 11.4 Å². The van der Waals surface area contributed by atoms with Gasteiger partial charge in [0.15, 0.2) is 0 Å². The summed E-state index contributed by atoms with van der Waals surface area (Å²) in [6.45, 7) is 8.42. The van der Waals surface area contributed by atoms with E-state index < -0.39 is 0 Å². The molecule has 0 aromatic carbocycles. The van der Waals surface area contributed by atoms with E-state index in [9.17, 15) is 4.79 Å². The van der Waals surface area contributed by atoms with Crippen LogP contribution in [0, 0.1) is 25.7 Å². The van der Waals surface area contributed by atoms with Gasteiger partial charge in [-0.2, -0.15) is 5.10 Å². The number of hydrogen-bond donors (Lipinski definition) is 2. The summed E-state index contributed by atoms with van der Waals surface area (Å²) < 4.78 is 0. The zero-order valence-corrected chi connectivity index (χ0v) is 12.1. The highest BCUT2D eigenvalue weighted by molar-refractivity contribution is 5.89. The molecular weight excluding hydrogens is 242 g/mol. The molecule has 6 heteroatoms. The van der Waals surface area contributed by atoms with Crippen LogP contribution >= 0.6 is 0 Å². The summed E-state index contributed by atoms with van der Waals surface area (Å²) in [4.78, 5) is 16.1. The minimum Gasteiger partial charge on any atom is -0.330 e. The Morgan fingerprint density at radius 3 is 2.47 bits per heavy atom. The smallest absolute Gasteiger partial charge is 0.249 e. The molecule has 0 aliphatic heterocycles. The highest BCUT2D eigenvalue weighted by Crippen LogP contribution is 2.15. The average Bonchev–Trinajstić information content (AvgIpc) is 2.32. The molecule has 0 bridgehead atoms. The van der Waals surface area contributed by atoms with Gasteiger partial charge in [-0.3, -0.25) is 10.1 Å². The van der Waals surface area contributed by atoms with Crippen LogP contribution in [0.15, 0.2) is 0 Å². The molecule has 0 aliphatic rings. The number of nitrogens with zero attached hydrogens (tertiary/aromatic N) is 3. The molecule has 106 valence electrons. The Morgan fingerprint density at radius 2 is 1.95 bits per heavy atom. The maximum atomic E-state index is 11.9. The van der Waals surface area contributed by atoms with Gasteiger partial charge in [-0.1, -0.05) is 13.8 Å². The minimum atomic E-state index is -0.110. The number of rotatable bonds is 6. The fourth-order valence-electron chi connectivity index (χ4n) is 1.88. The Kier molecular flexibility index (Phi) is 5.82. The number of anilines is 1. The predicted octanol–water partition coefficient (Wildman–Crippen LogP) is 1.44. The van der Waals surface area contributed by atoms with Crippen LogP contribution in [0.25, 0.3) is 0 Å². The van der Waals surface area contributed by atoms with Gasteiger partial charge >= 0.3 is 0 Å². The summed E-state index contributed by atoms with van der Waals surface area (Å²) in [6, 6.07) is 0. The Morgan fingerprint density at radius 1 is 1.26 bits per heavy atom. The van der Waals surface area contributed by atoms with Crippen molar-refractivity contribution in [3.05, 3.63) is 11.4 Å². The summed E-state index contributed by atoms with van der Waals surface area (Å²) in [6.07, 6.45) is 1.33. The number of aryl methyl sites for hydroxylation is 2. The van der Waals surface area contributed by atoms with E-state index in [2.05, 4.69) is 34.3 Å². The summed E-state index contributed by atoms with van der Waals surface area (Å²) in [5.74, 6) is 0.870. The first-order valence-electron chi connectivity index (χ1n) is 6.60. The van der Waals surface area contributed by atoms with Crippen LogP contribution in [0.4, 0.5) is 5.95 Å². The van der Waals surface area contributed by atoms with Crippen LogP contribution in [0.3, 0.4) is 0 Å². The first-order valence-corrected chi connectivity index (χ1v) is 6.60. The van der Waals surface area contributed by atoms with Gasteiger partial charge < -0.3 is 5.73 Å². The summed E-state index contributed by atoms with van der Waals surface area (Å²) in [5.41, 5.74) is 7.21. The van der Waals surface area contributed by atoms with Crippen LogP contribution in [-0.4, -0.2) is 27.6 Å². The topological polar surface area (TPSA) is 93.8 Å². The maximum Gasteiger partial charge on any atom is 0.249 e. The largest absolute Gasteiger partial charge is 0.330 e. The van der Waals surface area contributed by atoms with Crippen molar-refractivity contribution in [3.63, 3.8) is 0 Å². The normalized spacial score (nSPS) is 12.5. The third kappa shape index (κ3) is 5.30. The highest BCUT2D eigenvalue weighted by Gasteiger charge is 2.15. The van der Waals surface area contributed by atoms with Gasteiger partial charge in [-0.25, -0.2) is 4.98 Å². The Bertz CT molecular complexity index is 433. The summed E-state index contributed by atoms with van der Waals surface area (Å²) in [5, 5.41) is 10.4. The molecule has 0 unspecified atom stereocenters. The van der Waals surface area contributed by atoms with Crippen molar-refractivity contribution in [3.8, 4) is 0 Å². The number of amides is 1. The molecule has 1 atom stereocenters. The molecule has 1 aromatic heterocycles. The lowest BCUT2D eigenvalue weighted by atomic mass is 9.94. The van der Waals surface area contributed by atoms with E-state index in [4.69, 9.17) is 5.73 Å². The van der Waals surface area contributed by atoms with Crippen molar-refractivity contribution in [1.82, 2.24) is 15.2 Å². The predicted molar refractivity (Wildman–Crippen MR) is 74.5 cm³/mol. The number of nitrogens with two attached hydrogens (primary N) is 1. The Hall–Kier alpha value is -1.56. The van der Waals surface area contributed by atoms with Crippen LogP contribution in [0.2, 0.25) is 0 Å². The van der Waals surface area contributed by atoms with Crippen LogP contribution in [0.5, 0.6) is 0 Å². The van der Waals surface area contributed by atoms with Gasteiger partial charge in [0.1, 0.15) is 0 Å². The number of nitrogens with one attached hydrogen (secondary N) is 1. The van der Waals surface area contributed by atoms with Gasteiger partial charge in [-0.15, -0.1) is 5.10 Å². The number of aromatic nitrogens is 3. The molecule has 0 aliphatic carbocycles. The van der Waals surface area contributed by atoms with E-state index in [0.29, 0.717) is 18.9 Å². The zero-order chi connectivity index (χ0) is 14.4. The third-order valence-electron chi connectivity index (χ3n) is 2.96. The Balaban J connectivity index is 2.56. The van der Waals surface area contributed by atoms with Gasteiger partial charge in [-0.05, 0) is 38.6 Å². The fourth-order valence-corrected chi connectivity index (χ4v) is 1.88. The van der Waals surface area contributed by atoms with E-state index >= 15 is 0 Å². The van der Waals surface area contributed by atoms with Crippen molar-refractivity contribution in [2.75, 3.05) is 11.9 Å². The zero-order valence-electron chi connectivity index (χ0n) is 12.1. The first kappa shape index (κ1) is 15.5. The van der Waals surface area contributed by atoms with Crippen LogP contribution in [0.1, 0.15) is 38.1 Å². The SMILES string of the molecule is Cc1nnc(NC(=O)C[C@@H](CN)CC(C)C)nc1C. The molecule has 1 amide bonds. The molecule has 0 saturated heterocycles. The molecule has 0 fully saturated rings. The monoisotopic (exact) mass is 265 g/mol. The van der Waals surface area contributed by atoms with Crippen LogP contribution in [-0.2, 0) is 4.79 Å². The lowest BCUT2D eigenvalue weighted by Gasteiger charge is -2.16. The lowest BCUT2D eigenvalue weighted by Crippen LogP contribution is -2.24. The quantitative estimate of drug-likeness (QED) is 0.811. The van der Waals surface area contributed by atoms with E-state index in [0.717, 1.165) is 17.8 Å². The molecule has 1 heterocycles. The molecule has 0 radical (unpaired) electrons. The molecule has 1 rings (SSSR count). The molecule has 0 saturated carbocycles. The fraction of sp³-hybridized carbons (Fsp3) is 0.692. The lowest BCUT2D eigenvalue weighted by molar-refractivity contribution is -0.117. The van der Waals surface area contributed by atoms with Crippen molar-refractivity contribution in [1.29, 1.82) is 0 Å². The molecule has 19 heavy (non-hydrogen) atoms. The maximum absolute atomic E-state index is 11.9. The molecule has 0 spiro atoms.